The van der Waals surface area contributed by atoms with Crippen LogP contribution in [0.15, 0.2) is 30.9 Å². The monoisotopic (exact) mass is 249 g/mol. The van der Waals surface area contributed by atoms with Gasteiger partial charge in [-0.2, -0.15) is 0 Å². The minimum atomic E-state index is -0.313. The van der Waals surface area contributed by atoms with Gasteiger partial charge < -0.3 is 5.73 Å². The lowest BCUT2D eigenvalue weighted by Crippen LogP contribution is -2.11. The van der Waals surface area contributed by atoms with Gasteiger partial charge in [0.2, 0.25) is 0 Å². The molecule has 1 aromatic rings. The van der Waals surface area contributed by atoms with Gasteiger partial charge in [0.15, 0.2) is 0 Å². The number of hydrogen-bond acceptors (Lipinski definition) is 1. The third-order valence-corrected chi connectivity index (χ3v) is 2.27. The zero-order valence-electron chi connectivity index (χ0n) is 8.25. The molecule has 1 rings (SSSR count). The van der Waals surface area contributed by atoms with Crippen molar-refractivity contribution in [2.24, 2.45) is 5.73 Å². The van der Waals surface area contributed by atoms with Crippen molar-refractivity contribution >= 4 is 24.0 Å². The summed E-state index contributed by atoms with van der Waals surface area (Å²) in [6, 6.07) is 4.11. The van der Waals surface area contributed by atoms with Gasteiger partial charge in [0.05, 0.1) is 0 Å². The van der Waals surface area contributed by atoms with Crippen molar-refractivity contribution in [3.8, 4) is 0 Å². The van der Waals surface area contributed by atoms with Gasteiger partial charge in [-0.3, -0.25) is 0 Å². The van der Waals surface area contributed by atoms with Crippen molar-refractivity contribution in [1.82, 2.24) is 0 Å². The molecule has 0 amide bonds. The molecule has 0 saturated heterocycles. The highest BCUT2D eigenvalue weighted by Crippen LogP contribution is 2.22. The second-order valence-electron chi connectivity index (χ2n) is 3.14. The molecule has 0 aliphatic heterocycles. The van der Waals surface area contributed by atoms with E-state index in [4.69, 9.17) is 17.3 Å². The summed E-state index contributed by atoms with van der Waals surface area (Å²) >= 11 is 5.75. The molecule has 0 bridgehead atoms. The van der Waals surface area contributed by atoms with Gasteiger partial charge in [0, 0.05) is 16.6 Å². The molecule has 0 heterocycles. The van der Waals surface area contributed by atoms with E-state index in [1.54, 1.807) is 12.1 Å². The SMILES string of the molecule is C=CCC[C@H](N)c1cc(Cl)ccc1F.Cl. The summed E-state index contributed by atoms with van der Waals surface area (Å²) in [4.78, 5) is 0. The molecule has 0 aromatic heterocycles. The molecule has 0 aliphatic rings. The second kappa shape index (κ2) is 6.83. The Labute approximate surface area is 101 Å². The molecule has 0 radical (unpaired) electrons. The van der Waals surface area contributed by atoms with Crippen molar-refractivity contribution in [1.29, 1.82) is 0 Å². The molecule has 1 aromatic carbocycles. The van der Waals surface area contributed by atoms with Crippen LogP contribution in [0.1, 0.15) is 24.4 Å². The molecule has 1 nitrogen and oxygen atoms in total. The van der Waals surface area contributed by atoms with Gasteiger partial charge in [0.25, 0.3) is 0 Å². The van der Waals surface area contributed by atoms with Crippen LogP contribution in [0.5, 0.6) is 0 Å². The lowest BCUT2D eigenvalue weighted by atomic mass is 10.0. The van der Waals surface area contributed by atoms with Gasteiger partial charge in [-0.05, 0) is 31.0 Å². The van der Waals surface area contributed by atoms with Crippen LogP contribution in [0.25, 0.3) is 0 Å². The van der Waals surface area contributed by atoms with E-state index in [0.29, 0.717) is 17.0 Å². The minimum absolute atomic E-state index is 0. The third kappa shape index (κ3) is 4.20. The summed E-state index contributed by atoms with van der Waals surface area (Å²) in [5, 5.41) is 0.510. The topological polar surface area (TPSA) is 26.0 Å². The lowest BCUT2D eigenvalue weighted by molar-refractivity contribution is 0.566. The Balaban J connectivity index is 0.00000196. The Morgan fingerprint density at radius 2 is 2.20 bits per heavy atom. The zero-order chi connectivity index (χ0) is 10.6. The van der Waals surface area contributed by atoms with E-state index >= 15 is 0 Å². The van der Waals surface area contributed by atoms with Crippen LogP contribution in [0, 0.1) is 5.82 Å². The maximum atomic E-state index is 13.3. The number of halogens is 3. The molecule has 4 heteroatoms. The van der Waals surface area contributed by atoms with Crippen molar-refractivity contribution < 1.29 is 4.39 Å². The van der Waals surface area contributed by atoms with E-state index in [2.05, 4.69) is 6.58 Å². The Bertz CT molecular complexity index is 328. The maximum absolute atomic E-state index is 13.3. The van der Waals surface area contributed by atoms with Crippen LogP contribution in [-0.2, 0) is 0 Å². The molecule has 15 heavy (non-hydrogen) atoms. The van der Waals surface area contributed by atoms with E-state index in [9.17, 15) is 4.39 Å². The summed E-state index contributed by atoms with van der Waals surface area (Å²) in [5.74, 6) is -0.300. The molecule has 1 atom stereocenters. The number of nitrogens with two attached hydrogens (primary N) is 1. The van der Waals surface area contributed by atoms with Crippen molar-refractivity contribution in [3.05, 3.63) is 47.3 Å². The van der Waals surface area contributed by atoms with Crippen LogP contribution in [0.2, 0.25) is 5.02 Å². The normalized spacial score (nSPS) is 11.7. The molecular formula is C11H14Cl2FN. The molecule has 2 N–H and O–H groups in total. The molecule has 0 spiro atoms. The van der Waals surface area contributed by atoms with E-state index in [1.807, 2.05) is 0 Å². The van der Waals surface area contributed by atoms with Gasteiger partial charge in [-0.25, -0.2) is 4.39 Å². The third-order valence-electron chi connectivity index (χ3n) is 2.04. The van der Waals surface area contributed by atoms with Crippen LogP contribution in [-0.4, -0.2) is 0 Å². The average molecular weight is 250 g/mol. The lowest BCUT2D eigenvalue weighted by Gasteiger charge is -2.11. The first kappa shape index (κ1) is 14.4. The highest BCUT2D eigenvalue weighted by atomic mass is 35.5. The largest absolute Gasteiger partial charge is 0.324 e. The number of allylic oxidation sites excluding steroid dienone is 1. The number of hydrogen-bond donors (Lipinski definition) is 1. The van der Waals surface area contributed by atoms with Crippen LogP contribution < -0.4 is 5.73 Å². The average Bonchev–Trinajstić information content (AvgIpc) is 2.18. The highest BCUT2D eigenvalue weighted by molar-refractivity contribution is 6.30. The summed E-state index contributed by atoms with van der Waals surface area (Å²) < 4.78 is 13.3. The Morgan fingerprint density at radius 1 is 1.53 bits per heavy atom. The van der Waals surface area contributed by atoms with E-state index < -0.39 is 0 Å². The first-order valence-electron chi connectivity index (χ1n) is 4.46. The van der Waals surface area contributed by atoms with Crippen molar-refractivity contribution in [2.45, 2.75) is 18.9 Å². The fourth-order valence-corrected chi connectivity index (χ4v) is 1.43. The van der Waals surface area contributed by atoms with Crippen LogP contribution >= 0.6 is 24.0 Å². The second-order valence-corrected chi connectivity index (χ2v) is 3.57. The van der Waals surface area contributed by atoms with Gasteiger partial charge in [-0.15, -0.1) is 19.0 Å². The number of rotatable bonds is 4. The van der Waals surface area contributed by atoms with Crippen molar-refractivity contribution in [2.75, 3.05) is 0 Å². The Kier molecular flexibility index (Phi) is 6.57. The zero-order valence-corrected chi connectivity index (χ0v) is 9.82. The maximum Gasteiger partial charge on any atom is 0.128 e. The minimum Gasteiger partial charge on any atom is -0.324 e. The van der Waals surface area contributed by atoms with Gasteiger partial charge >= 0.3 is 0 Å². The van der Waals surface area contributed by atoms with Crippen LogP contribution in [0.3, 0.4) is 0 Å². The van der Waals surface area contributed by atoms with Gasteiger partial charge in [-0.1, -0.05) is 17.7 Å². The highest BCUT2D eigenvalue weighted by Gasteiger charge is 2.10. The number of benzene rings is 1. The first-order valence-corrected chi connectivity index (χ1v) is 4.84. The summed E-state index contributed by atoms with van der Waals surface area (Å²) in [5.41, 5.74) is 6.28. The Morgan fingerprint density at radius 3 is 2.80 bits per heavy atom. The van der Waals surface area contributed by atoms with Crippen LogP contribution in [0.4, 0.5) is 4.39 Å². The van der Waals surface area contributed by atoms with E-state index in [-0.39, 0.29) is 24.3 Å². The predicted octanol–water partition coefficient (Wildman–Crippen LogP) is 3.87. The molecule has 0 saturated carbocycles. The molecule has 84 valence electrons. The van der Waals surface area contributed by atoms with Gasteiger partial charge in [0.1, 0.15) is 5.82 Å². The molecule has 0 unspecified atom stereocenters. The quantitative estimate of drug-likeness (QED) is 0.806. The van der Waals surface area contributed by atoms with E-state index in [0.717, 1.165) is 6.42 Å². The van der Waals surface area contributed by atoms with E-state index in [1.165, 1.54) is 12.1 Å². The van der Waals surface area contributed by atoms with Crippen molar-refractivity contribution in [3.63, 3.8) is 0 Å². The Hall–Kier alpha value is -0.570. The smallest absolute Gasteiger partial charge is 0.128 e. The first-order chi connectivity index (χ1) is 6.65. The molecule has 0 fully saturated rings. The predicted molar refractivity (Wildman–Crippen MR) is 65.0 cm³/mol. The fourth-order valence-electron chi connectivity index (χ4n) is 1.25. The summed E-state index contributed by atoms with van der Waals surface area (Å²) in [6.07, 6.45) is 3.22. The summed E-state index contributed by atoms with van der Waals surface area (Å²) in [6.45, 7) is 3.59. The summed E-state index contributed by atoms with van der Waals surface area (Å²) in [7, 11) is 0. The molecule has 0 aliphatic carbocycles. The standard InChI is InChI=1S/C11H13ClFN.ClH/c1-2-3-4-11(14)9-7-8(12)5-6-10(9)13;/h2,5-7,11H,1,3-4,14H2;1H/t11-;/m0./s1. The fraction of sp³-hybridized carbons (Fsp3) is 0.273. The molecular weight excluding hydrogens is 236 g/mol.